The molecule has 1 heterocycles. The van der Waals surface area contributed by atoms with Crippen molar-refractivity contribution in [1.82, 2.24) is 9.80 Å². The van der Waals surface area contributed by atoms with E-state index in [2.05, 4.69) is 26.1 Å². The third-order valence-electron chi connectivity index (χ3n) is 3.93. The average Bonchev–Trinajstić information content (AvgIpc) is 2.49. The second kappa shape index (κ2) is 7.74. The normalized spacial score (nSPS) is 15.7. The molecule has 1 aromatic carbocycles. The summed E-state index contributed by atoms with van der Waals surface area (Å²) in [6.45, 7) is 7.51. The van der Waals surface area contributed by atoms with Crippen LogP contribution in [0.5, 0.6) is 0 Å². The molecule has 120 valence electrons. The van der Waals surface area contributed by atoms with Crippen molar-refractivity contribution in [3.63, 3.8) is 0 Å². The van der Waals surface area contributed by atoms with Gasteiger partial charge in [-0.05, 0) is 24.6 Å². The fourth-order valence-electron chi connectivity index (χ4n) is 2.44. The van der Waals surface area contributed by atoms with Crippen molar-refractivity contribution >= 4 is 33.4 Å². The van der Waals surface area contributed by atoms with Crippen molar-refractivity contribution < 1.29 is 9.59 Å². The van der Waals surface area contributed by atoms with Crippen LogP contribution in [0.4, 0.5) is 5.69 Å². The summed E-state index contributed by atoms with van der Waals surface area (Å²) in [6, 6.07) is 5.79. The first kappa shape index (κ1) is 17.0. The molecule has 0 unspecified atom stereocenters. The van der Waals surface area contributed by atoms with Crippen LogP contribution in [0.25, 0.3) is 0 Å². The predicted molar refractivity (Wildman–Crippen MR) is 90.8 cm³/mol. The third kappa shape index (κ3) is 4.81. The molecule has 22 heavy (non-hydrogen) atoms. The Morgan fingerprint density at radius 1 is 1.23 bits per heavy atom. The second-order valence-electron chi connectivity index (χ2n) is 5.61. The fourth-order valence-corrected chi connectivity index (χ4v) is 2.82. The van der Waals surface area contributed by atoms with Gasteiger partial charge in [-0.2, -0.15) is 0 Å². The van der Waals surface area contributed by atoms with Gasteiger partial charge in [0.2, 0.25) is 11.8 Å². The number of amides is 2. The van der Waals surface area contributed by atoms with Crippen LogP contribution in [0.3, 0.4) is 0 Å². The maximum absolute atomic E-state index is 12.0. The average molecular weight is 368 g/mol. The number of halogens is 1. The first-order chi connectivity index (χ1) is 10.5. The maximum atomic E-state index is 12.0. The lowest BCUT2D eigenvalue weighted by molar-refractivity contribution is -0.130. The topological polar surface area (TPSA) is 52.7 Å². The van der Waals surface area contributed by atoms with Crippen molar-refractivity contribution in [3.05, 3.63) is 28.2 Å². The molecule has 1 N–H and O–H groups in total. The van der Waals surface area contributed by atoms with E-state index in [4.69, 9.17) is 0 Å². The van der Waals surface area contributed by atoms with Crippen LogP contribution >= 0.6 is 15.9 Å². The van der Waals surface area contributed by atoms with Gasteiger partial charge in [-0.1, -0.05) is 22.0 Å². The lowest BCUT2D eigenvalue weighted by atomic mass is 10.2. The molecule has 1 saturated heterocycles. The van der Waals surface area contributed by atoms with Gasteiger partial charge in [-0.3, -0.25) is 14.5 Å². The Labute approximate surface area is 139 Å². The minimum atomic E-state index is 0.0183. The van der Waals surface area contributed by atoms with Gasteiger partial charge in [0.25, 0.3) is 0 Å². The van der Waals surface area contributed by atoms with Crippen molar-refractivity contribution in [2.45, 2.75) is 20.3 Å². The van der Waals surface area contributed by atoms with Crippen molar-refractivity contribution in [1.29, 1.82) is 0 Å². The lowest BCUT2D eigenvalue weighted by Gasteiger charge is -2.34. The quantitative estimate of drug-likeness (QED) is 0.887. The molecule has 0 bridgehead atoms. The Bertz CT molecular complexity index is 554. The van der Waals surface area contributed by atoms with Crippen LogP contribution in [-0.4, -0.2) is 54.3 Å². The van der Waals surface area contributed by atoms with E-state index < -0.39 is 0 Å². The maximum Gasteiger partial charge on any atom is 0.225 e. The molecule has 2 rings (SSSR count). The standard InChI is InChI=1S/C16H22BrN3O2/c1-12-3-4-14(11-15(12)17)18-16(22)5-6-19-7-9-20(10-8-19)13(2)21/h3-4,11H,5-10H2,1-2H3,(H,18,22). The fraction of sp³-hybridized carbons (Fsp3) is 0.500. The first-order valence-electron chi connectivity index (χ1n) is 7.49. The Kier molecular flexibility index (Phi) is 5.97. The van der Waals surface area contributed by atoms with Crippen LogP contribution in [0.1, 0.15) is 18.9 Å². The smallest absolute Gasteiger partial charge is 0.225 e. The number of anilines is 1. The highest BCUT2D eigenvalue weighted by Crippen LogP contribution is 2.20. The highest BCUT2D eigenvalue weighted by molar-refractivity contribution is 9.10. The number of piperazine rings is 1. The number of nitrogens with zero attached hydrogens (tertiary/aromatic N) is 2. The van der Waals surface area contributed by atoms with E-state index in [1.54, 1.807) is 6.92 Å². The molecule has 0 aliphatic carbocycles. The molecule has 0 atom stereocenters. The van der Waals surface area contributed by atoms with Crippen LogP contribution in [0.2, 0.25) is 0 Å². The number of hydrogen-bond donors (Lipinski definition) is 1. The Hall–Kier alpha value is -1.40. The number of carbonyl (C=O) groups is 2. The Morgan fingerprint density at radius 2 is 1.91 bits per heavy atom. The Balaban J connectivity index is 1.74. The van der Waals surface area contributed by atoms with E-state index >= 15 is 0 Å². The second-order valence-corrected chi connectivity index (χ2v) is 6.46. The van der Waals surface area contributed by atoms with Crippen molar-refractivity contribution in [2.75, 3.05) is 38.0 Å². The van der Waals surface area contributed by atoms with E-state index in [1.165, 1.54) is 0 Å². The van der Waals surface area contributed by atoms with Crippen molar-refractivity contribution in [3.8, 4) is 0 Å². The van der Waals surface area contributed by atoms with Crippen LogP contribution in [-0.2, 0) is 9.59 Å². The van der Waals surface area contributed by atoms with E-state index in [0.29, 0.717) is 6.42 Å². The first-order valence-corrected chi connectivity index (χ1v) is 8.29. The molecule has 1 aliphatic rings. The molecule has 6 heteroatoms. The molecular formula is C16H22BrN3O2. The summed E-state index contributed by atoms with van der Waals surface area (Å²) in [5.41, 5.74) is 1.95. The van der Waals surface area contributed by atoms with Crippen molar-refractivity contribution in [2.24, 2.45) is 0 Å². The van der Waals surface area contributed by atoms with E-state index in [9.17, 15) is 9.59 Å². The molecule has 5 nitrogen and oxygen atoms in total. The molecule has 0 radical (unpaired) electrons. The van der Waals surface area contributed by atoms with Gasteiger partial charge in [0.15, 0.2) is 0 Å². The lowest BCUT2D eigenvalue weighted by Crippen LogP contribution is -2.48. The monoisotopic (exact) mass is 367 g/mol. The Morgan fingerprint density at radius 3 is 2.50 bits per heavy atom. The van der Waals surface area contributed by atoms with Gasteiger partial charge < -0.3 is 10.2 Å². The molecule has 0 saturated carbocycles. The van der Waals surface area contributed by atoms with E-state index in [-0.39, 0.29) is 11.8 Å². The van der Waals surface area contributed by atoms with Gasteiger partial charge in [0.05, 0.1) is 0 Å². The zero-order valence-electron chi connectivity index (χ0n) is 13.1. The summed E-state index contributed by atoms with van der Waals surface area (Å²) in [7, 11) is 0. The molecule has 1 aliphatic heterocycles. The molecule has 0 spiro atoms. The van der Waals surface area contributed by atoms with Gasteiger partial charge >= 0.3 is 0 Å². The highest BCUT2D eigenvalue weighted by atomic mass is 79.9. The summed E-state index contributed by atoms with van der Waals surface area (Å²) in [5, 5.41) is 2.92. The van der Waals surface area contributed by atoms with Gasteiger partial charge in [0, 0.05) is 56.2 Å². The molecular weight excluding hydrogens is 346 g/mol. The predicted octanol–water partition coefficient (Wildman–Crippen LogP) is 2.25. The van der Waals surface area contributed by atoms with E-state index in [0.717, 1.165) is 48.4 Å². The minimum absolute atomic E-state index is 0.0183. The van der Waals surface area contributed by atoms with Gasteiger partial charge in [-0.25, -0.2) is 0 Å². The van der Waals surface area contributed by atoms with Gasteiger partial charge in [0.1, 0.15) is 0 Å². The summed E-state index contributed by atoms with van der Waals surface area (Å²) in [5.74, 6) is 0.145. The molecule has 0 aromatic heterocycles. The molecule has 1 aromatic rings. The summed E-state index contributed by atoms with van der Waals surface area (Å²) >= 11 is 3.46. The number of benzene rings is 1. The number of carbonyl (C=O) groups excluding carboxylic acids is 2. The zero-order valence-corrected chi connectivity index (χ0v) is 14.6. The zero-order chi connectivity index (χ0) is 16.1. The van der Waals surface area contributed by atoms with Gasteiger partial charge in [-0.15, -0.1) is 0 Å². The highest BCUT2D eigenvalue weighted by Gasteiger charge is 2.18. The van der Waals surface area contributed by atoms with Crippen LogP contribution in [0.15, 0.2) is 22.7 Å². The molecule has 1 fully saturated rings. The molecule has 2 amide bonds. The number of hydrogen-bond acceptors (Lipinski definition) is 3. The van der Waals surface area contributed by atoms with E-state index in [1.807, 2.05) is 30.0 Å². The number of rotatable bonds is 4. The summed E-state index contributed by atoms with van der Waals surface area (Å²) in [4.78, 5) is 27.3. The minimum Gasteiger partial charge on any atom is -0.340 e. The van der Waals surface area contributed by atoms with Crippen LogP contribution in [0, 0.1) is 6.92 Å². The largest absolute Gasteiger partial charge is 0.340 e. The SMILES string of the molecule is CC(=O)N1CCN(CCC(=O)Nc2ccc(C)c(Br)c2)CC1. The van der Waals surface area contributed by atoms with Crippen LogP contribution < -0.4 is 5.32 Å². The third-order valence-corrected chi connectivity index (χ3v) is 4.78. The summed E-state index contributed by atoms with van der Waals surface area (Å²) < 4.78 is 0.991. The number of aryl methyl sites for hydroxylation is 1. The summed E-state index contributed by atoms with van der Waals surface area (Å²) in [6.07, 6.45) is 0.464. The number of nitrogens with one attached hydrogen (secondary N) is 1.